The van der Waals surface area contributed by atoms with E-state index in [4.69, 9.17) is 14.6 Å². The topological polar surface area (TPSA) is 105 Å². The van der Waals surface area contributed by atoms with Gasteiger partial charge in [0.1, 0.15) is 13.2 Å². The minimum absolute atomic E-state index is 0.0917. The summed E-state index contributed by atoms with van der Waals surface area (Å²) in [5.74, 6) is -1.43. The Bertz CT molecular complexity index is 734. The second-order valence-electron chi connectivity index (χ2n) is 6.66. The molecule has 0 aromatic heterocycles. The van der Waals surface area contributed by atoms with Crippen molar-refractivity contribution >= 4 is 23.5 Å². The maximum absolute atomic E-state index is 12.4. The summed E-state index contributed by atoms with van der Waals surface area (Å²) in [4.78, 5) is 37.3. The van der Waals surface area contributed by atoms with Crippen LogP contribution in [-0.2, 0) is 14.4 Å². The molecule has 8 heteroatoms. The number of carbonyl (C=O) groups excluding carboxylic acids is 2. The molecular weight excluding hydrogens is 340 g/mol. The number of benzene rings is 1. The van der Waals surface area contributed by atoms with Gasteiger partial charge in [-0.25, -0.2) is 0 Å². The van der Waals surface area contributed by atoms with Gasteiger partial charge in [0.2, 0.25) is 11.8 Å². The number of aliphatic carboxylic acids is 1. The lowest BCUT2D eigenvalue weighted by molar-refractivity contribution is -0.142. The summed E-state index contributed by atoms with van der Waals surface area (Å²) >= 11 is 0. The number of amides is 2. The Labute approximate surface area is 151 Å². The molecule has 1 fully saturated rings. The van der Waals surface area contributed by atoms with Gasteiger partial charge in [0.15, 0.2) is 11.5 Å². The third kappa shape index (κ3) is 3.58. The van der Waals surface area contributed by atoms with Gasteiger partial charge in [-0.05, 0) is 26.0 Å². The van der Waals surface area contributed by atoms with Gasteiger partial charge in [0, 0.05) is 30.8 Å². The maximum Gasteiger partial charge on any atom is 0.308 e. The summed E-state index contributed by atoms with van der Waals surface area (Å²) in [5, 5.41) is 11.7. The van der Waals surface area contributed by atoms with Gasteiger partial charge in [-0.2, -0.15) is 0 Å². The summed E-state index contributed by atoms with van der Waals surface area (Å²) < 4.78 is 11.0. The fraction of sp³-hybridized carbons (Fsp3) is 0.500. The second-order valence-corrected chi connectivity index (χ2v) is 6.66. The normalized spacial score (nSPS) is 21.2. The number of carboxylic acids is 1. The number of rotatable bonds is 5. The SMILES string of the molecule is CC(NC(=O)C1CC(=O)N(c2ccc3c(c2)OCCO3)C1)C(C)C(=O)O. The zero-order valence-electron chi connectivity index (χ0n) is 14.7. The fourth-order valence-electron chi connectivity index (χ4n) is 3.01. The molecule has 1 saturated heterocycles. The van der Waals surface area contributed by atoms with E-state index in [1.807, 2.05) is 0 Å². The highest BCUT2D eigenvalue weighted by Gasteiger charge is 2.36. The first-order chi connectivity index (χ1) is 12.4. The monoisotopic (exact) mass is 362 g/mol. The highest BCUT2D eigenvalue weighted by atomic mass is 16.6. The number of hydrogen-bond acceptors (Lipinski definition) is 5. The van der Waals surface area contributed by atoms with Crippen LogP contribution in [-0.4, -0.2) is 48.7 Å². The minimum Gasteiger partial charge on any atom is -0.486 e. The molecular formula is C18H22N2O6. The van der Waals surface area contributed by atoms with E-state index in [0.29, 0.717) is 30.4 Å². The van der Waals surface area contributed by atoms with E-state index in [0.717, 1.165) is 0 Å². The van der Waals surface area contributed by atoms with E-state index in [9.17, 15) is 14.4 Å². The summed E-state index contributed by atoms with van der Waals surface area (Å²) in [6.45, 7) is 4.37. The Morgan fingerprint density at radius 3 is 2.62 bits per heavy atom. The van der Waals surface area contributed by atoms with Crippen LogP contribution in [0.2, 0.25) is 0 Å². The fourth-order valence-corrected chi connectivity index (χ4v) is 3.01. The number of anilines is 1. The van der Waals surface area contributed by atoms with E-state index in [1.54, 1.807) is 30.0 Å². The zero-order valence-corrected chi connectivity index (χ0v) is 14.7. The molecule has 8 nitrogen and oxygen atoms in total. The van der Waals surface area contributed by atoms with Crippen LogP contribution in [0.1, 0.15) is 20.3 Å². The van der Waals surface area contributed by atoms with Gasteiger partial charge < -0.3 is 24.8 Å². The Hall–Kier alpha value is -2.77. The van der Waals surface area contributed by atoms with Crippen molar-refractivity contribution in [3.63, 3.8) is 0 Å². The van der Waals surface area contributed by atoms with Crippen molar-refractivity contribution in [2.75, 3.05) is 24.7 Å². The standard InChI is InChI=1S/C18H22N2O6/c1-10(18(23)24)11(2)19-17(22)12-7-16(21)20(9-12)13-3-4-14-15(8-13)26-6-5-25-14/h3-4,8,10-12H,5-7,9H2,1-2H3,(H,19,22)(H,23,24). The van der Waals surface area contributed by atoms with Gasteiger partial charge in [-0.3, -0.25) is 14.4 Å². The molecule has 0 bridgehead atoms. The average Bonchev–Trinajstić information content (AvgIpc) is 3.02. The van der Waals surface area contributed by atoms with Crippen LogP contribution in [0.5, 0.6) is 11.5 Å². The van der Waals surface area contributed by atoms with Crippen molar-refractivity contribution < 1.29 is 29.0 Å². The Morgan fingerprint density at radius 2 is 1.92 bits per heavy atom. The summed E-state index contributed by atoms with van der Waals surface area (Å²) in [7, 11) is 0. The van der Waals surface area contributed by atoms with Gasteiger partial charge in [-0.1, -0.05) is 0 Å². The van der Waals surface area contributed by atoms with Gasteiger partial charge in [0.25, 0.3) is 0 Å². The quantitative estimate of drug-likeness (QED) is 0.811. The molecule has 0 radical (unpaired) electrons. The van der Waals surface area contributed by atoms with Gasteiger partial charge in [0.05, 0.1) is 11.8 Å². The second kappa shape index (κ2) is 7.23. The number of fused-ring (bicyclic) bond motifs is 1. The van der Waals surface area contributed by atoms with Crippen LogP contribution >= 0.6 is 0 Å². The number of carbonyl (C=O) groups is 3. The van der Waals surface area contributed by atoms with Crippen LogP contribution in [0.4, 0.5) is 5.69 Å². The van der Waals surface area contributed by atoms with E-state index in [2.05, 4.69) is 5.32 Å². The van der Waals surface area contributed by atoms with E-state index >= 15 is 0 Å². The van der Waals surface area contributed by atoms with Crippen molar-refractivity contribution in [1.29, 1.82) is 0 Å². The maximum atomic E-state index is 12.4. The summed E-state index contributed by atoms with van der Waals surface area (Å²) in [6, 6.07) is 4.74. The van der Waals surface area contributed by atoms with E-state index in [1.165, 1.54) is 6.92 Å². The highest BCUT2D eigenvalue weighted by molar-refractivity contribution is 6.00. The number of carboxylic acid groups (broad SMARTS) is 1. The lowest BCUT2D eigenvalue weighted by Gasteiger charge is -2.22. The van der Waals surface area contributed by atoms with Crippen molar-refractivity contribution in [3.05, 3.63) is 18.2 Å². The lowest BCUT2D eigenvalue weighted by Crippen LogP contribution is -2.43. The Kier molecular flexibility index (Phi) is 5.01. The van der Waals surface area contributed by atoms with Crippen LogP contribution in [0.15, 0.2) is 18.2 Å². The van der Waals surface area contributed by atoms with Gasteiger partial charge in [-0.15, -0.1) is 0 Å². The first-order valence-electron chi connectivity index (χ1n) is 8.60. The molecule has 0 aliphatic carbocycles. The summed E-state index contributed by atoms with van der Waals surface area (Å²) in [5.41, 5.74) is 0.654. The third-order valence-corrected chi connectivity index (χ3v) is 4.84. The lowest BCUT2D eigenvalue weighted by atomic mass is 10.0. The Balaban J connectivity index is 1.67. The minimum atomic E-state index is -0.974. The predicted molar refractivity (Wildman–Crippen MR) is 92.3 cm³/mol. The van der Waals surface area contributed by atoms with Crippen LogP contribution < -0.4 is 19.7 Å². The van der Waals surface area contributed by atoms with Crippen molar-refractivity contribution in [2.45, 2.75) is 26.3 Å². The van der Waals surface area contributed by atoms with Crippen LogP contribution in [0.3, 0.4) is 0 Å². The van der Waals surface area contributed by atoms with Crippen molar-refractivity contribution in [1.82, 2.24) is 5.32 Å². The molecule has 3 rings (SSSR count). The molecule has 2 aliphatic rings. The largest absolute Gasteiger partial charge is 0.486 e. The highest BCUT2D eigenvalue weighted by Crippen LogP contribution is 2.36. The van der Waals surface area contributed by atoms with E-state index in [-0.39, 0.29) is 24.8 Å². The smallest absolute Gasteiger partial charge is 0.308 e. The molecule has 0 saturated carbocycles. The molecule has 0 spiro atoms. The number of ether oxygens (including phenoxy) is 2. The molecule has 2 heterocycles. The molecule has 1 aromatic rings. The van der Waals surface area contributed by atoms with Crippen LogP contribution in [0.25, 0.3) is 0 Å². The number of nitrogens with one attached hydrogen (secondary N) is 1. The predicted octanol–water partition coefficient (Wildman–Crippen LogP) is 1.04. The van der Waals surface area contributed by atoms with Crippen molar-refractivity contribution in [2.24, 2.45) is 11.8 Å². The van der Waals surface area contributed by atoms with Crippen molar-refractivity contribution in [3.8, 4) is 11.5 Å². The molecule has 2 N–H and O–H groups in total. The summed E-state index contributed by atoms with van der Waals surface area (Å²) in [6.07, 6.45) is 0.0917. The number of hydrogen-bond donors (Lipinski definition) is 2. The van der Waals surface area contributed by atoms with Gasteiger partial charge >= 0.3 is 5.97 Å². The zero-order chi connectivity index (χ0) is 18.8. The average molecular weight is 362 g/mol. The molecule has 3 atom stereocenters. The molecule has 2 amide bonds. The Morgan fingerprint density at radius 1 is 1.23 bits per heavy atom. The molecule has 2 aliphatic heterocycles. The molecule has 1 aromatic carbocycles. The molecule has 26 heavy (non-hydrogen) atoms. The van der Waals surface area contributed by atoms with E-state index < -0.39 is 23.8 Å². The molecule has 140 valence electrons. The first kappa shape index (κ1) is 18.0. The first-order valence-corrected chi connectivity index (χ1v) is 8.60. The molecule has 3 unspecified atom stereocenters. The third-order valence-electron chi connectivity index (χ3n) is 4.84. The number of nitrogens with zero attached hydrogens (tertiary/aromatic N) is 1. The van der Waals surface area contributed by atoms with Crippen LogP contribution in [0, 0.1) is 11.8 Å².